The van der Waals surface area contributed by atoms with E-state index in [1.54, 1.807) is 6.08 Å². The van der Waals surface area contributed by atoms with Crippen LogP contribution < -0.4 is 0 Å². The fourth-order valence-electron chi connectivity index (χ4n) is 1.01. The zero-order valence-corrected chi connectivity index (χ0v) is 9.26. The molecule has 0 heterocycles. The zero-order valence-electron chi connectivity index (χ0n) is 9.26. The average molecular weight is 188 g/mol. The van der Waals surface area contributed by atoms with E-state index in [9.17, 15) is 0 Å². The molecule has 0 N–H and O–H groups in total. The molecule has 14 heavy (non-hydrogen) atoms. The highest BCUT2D eigenvalue weighted by Crippen LogP contribution is 2.24. The predicted octanol–water partition coefficient (Wildman–Crippen LogP) is 3.34. The molecule has 0 aromatic heterocycles. The smallest absolute Gasteiger partial charge is 0.126 e. The first-order valence-electron chi connectivity index (χ1n) is 4.58. The van der Waals surface area contributed by atoms with E-state index in [-0.39, 0.29) is 11.0 Å². The van der Waals surface area contributed by atoms with E-state index in [1.165, 1.54) is 5.57 Å². The molecule has 0 aromatic rings. The molecule has 0 aliphatic carbocycles. The van der Waals surface area contributed by atoms with Crippen molar-refractivity contribution in [2.24, 2.45) is 5.41 Å². The van der Waals surface area contributed by atoms with Gasteiger partial charge in [0.1, 0.15) is 17.7 Å². The van der Waals surface area contributed by atoms with Gasteiger partial charge in [-0.25, -0.2) is 0 Å². The van der Waals surface area contributed by atoms with E-state index in [2.05, 4.69) is 6.08 Å². The third-order valence-corrected chi connectivity index (χ3v) is 1.81. The van der Waals surface area contributed by atoms with Crippen LogP contribution >= 0.6 is 0 Å². The van der Waals surface area contributed by atoms with Crippen molar-refractivity contribution in [1.29, 1.82) is 10.5 Å². The molecule has 0 saturated heterocycles. The molecule has 0 unspecified atom stereocenters. The molecule has 0 aliphatic rings. The second-order valence-corrected chi connectivity index (χ2v) is 4.26. The number of hydrogen-bond donors (Lipinski definition) is 0. The molecule has 0 bridgehead atoms. The van der Waals surface area contributed by atoms with Crippen LogP contribution in [0.4, 0.5) is 0 Å². The molecule has 2 nitrogen and oxygen atoms in total. The number of allylic oxidation sites excluding steroid dienone is 4. The Morgan fingerprint density at radius 3 is 2.07 bits per heavy atom. The molecule has 0 aliphatic heterocycles. The largest absolute Gasteiger partial charge is 0.192 e. The Balaban J connectivity index is 4.67. The van der Waals surface area contributed by atoms with E-state index >= 15 is 0 Å². The van der Waals surface area contributed by atoms with Crippen molar-refractivity contribution in [2.75, 3.05) is 0 Å². The van der Waals surface area contributed by atoms with Crippen LogP contribution in [0.2, 0.25) is 0 Å². The van der Waals surface area contributed by atoms with Gasteiger partial charge >= 0.3 is 0 Å². The highest BCUT2D eigenvalue weighted by Gasteiger charge is 2.14. The Labute approximate surface area is 86.2 Å². The normalized spacial score (nSPS) is 9.57. The maximum atomic E-state index is 8.61. The Bertz CT molecular complexity index is 312. The molecule has 0 rings (SSSR count). The minimum Gasteiger partial charge on any atom is -0.192 e. The van der Waals surface area contributed by atoms with E-state index in [4.69, 9.17) is 10.5 Å². The summed E-state index contributed by atoms with van der Waals surface area (Å²) in [5, 5.41) is 17.2. The fraction of sp³-hybridized carbons (Fsp3) is 0.500. The van der Waals surface area contributed by atoms with Crippen LogP contribution in [-0.4, -0.2) is 0 Å². The second-order valence-electron chi connectivity index (χ2n) is 4.26. The summed E-state index contributed by atoms with van der Waals surface area (Å²) in [6.45, 7) is 8.10. The highest BCUT2D eigenvalue weighted by molar-refractivity contribution is 5.36. The molecule has 0 atom stereocenters. The van der Waals surface area contributed by atoms with E-state index < -0.39 is 0 Å². The lowest BCUT2D eigenvalue weighted by molar-refractivity contribution is 0.486. The van der Waals surface area contributed by atoms with Crippen molar-refractivity contribution >= 4 is 0 Å². The quantitative estimate of drug-likeness (QED) is 0.503. The molecule has 0 aromatic carbocycles. The number of rotatable bonds is 3. The van der Waals surface area contributed by atoms with Crippen LogP contribution in [0, 0.1) is 28.1 Å². The SMILES string of the molecule is CC(C)=CCC(C)(C)C=C(C#N)C#N. The van der Waals surface area contributed by atoms with Gasteiger partial charge in [-0.15, -0.1) is 0 Å². The Morgan fingerprint density at radius 1 is 1.21 bits per heavy atom. The van der Waals surface area contributed by atoms with Gasteiger partial charge < -0.3 is 0 Å². The summed E-state index contributed by atoms with van der Waals surface area (Å²) in [5.74, 6) is 0. The summed E-state index contributed by atoms with van der Waals surface area (Å²) in [7, 11) is 0. The van der Waals surface area contributed by atoms with Gasteiger partial charge in [-0.2, -0.15) is 10.5 Å². The number of nitrogens with zero attached hydrogens (tertiary/aromatic N) is 2. The third kappa shape index (κ3) is 5.17. The van der Waals surface area contributed by atoms with E-state index in [0.717, 1.165) is 6.42 Å². The maximum absolute atomic E-state index is 8.61. The van der Waals surface area contributed by atoms with E-state index in [1.807, 2.05) is 39.8 Å². The Hall–Kier alpha value is -1.54. The molecule has 74 valence electrons. The predicted molar refractivity (Wildman–Crippen MR) is 57.1 cm³/mol. The van der Waals surface area contributed by atoms with Gasteiger partial charge in [0.15, 0.2) is 0 Å². The first-order chi connectivity index (χ1) is 6.41. The van der Waals surface area contributed by atoms with Crippen LogP contribution in [0.15, 0.2) is 23.3 Å². The molecule has 0 spiro atoms. The van der Waals surface area contributed by atoms with Crippen LogP contribution in [-0.2, 0) is 0 Å². The van der Waals surface area contributed by atoms with Gasteiger partial charge in [0, 0.05) is 0 Å². The summed E-state index contributed by atoms with van der Waals surface area (Å²) in [5.41, 5.74) is 1.32. The summed E-state index contributed by atoms with van der Waals surface area (Å²) >= 11 is 0. The van der Waals surface area contributed by atoms with Gasteiger partial charge in [0.25, 0.3) is 0 Å². The highest BCUT2D eigenvalue weighted by atomic mass is 14.3. The van der Waals surface area contributed by atoms with Crippen LogP contribution in [0.25, 0.3) is 0 Å². The van der Waals surface area contributed by atoms with Crippen molar-refractivity contribution < 1.29 is 0 Å². The molecular formula is C12H16N2. The minimum atomic E-state index is -0.127. The molecule has 0 fully saturated rings. The Morgan fingerprint density at radius 2 is 1.71 bits per heavy atom. The van der Waals surface area contributed by atoms with Gasteiger partial charge in [-0.1, -0.05) is 25.5 Å². The third-order valence-electron chi connectivity index (χ3n) is 1.81. The van der Waals surface area contributed by atoms with Crippen LogP contribution in [0.5, 0.6) is 0 Å². The van der Waals surface area contributed by atoms with Gasteiger partial charge in [0.2, 0.25) is 0 Å². The maximum Gasteiger partial charge on any atom is 0.126 e. The van der Waals surface area contributed by atoms with E-state index in [0.29, 0.717) is 0 Å². The number of hydrogen-bond acceptors (Lipinski definition) is 2. The second kappa shape index (κ2) is 5.25. The minimum absolute atomic E-state index is 0.127. The first-order valence-corrected chi connectivity index (χ1v) is 4.58. The summed E-state index contributed by atoms with van der Waals surface area (Å²) < 4.78 is 0. The monoisotopic (exact) mass is 188 g/mol. The molecule has 2 heteroatoms. The lowest BCUT2D eigenvalue weighted by atomic mass is 9.86. The summed E-state index contributed by atoms with van der Waals surface area (Å²) in [6, 6.07) is 3.75. The topological polar surface area (TPSA) is 47.6 Å². The lowest BCUT2D eigenvalue weighted by Gasteiger charge is -2.17. The summed E-state index contributed by atoms with van der Waals surface area (Å²) in [4.78, 5) is 0. The van der Waals surface area contributed by atoms with Crippen LogP contribution in [0.3, 0.4) is 0 Å². The lowest BCUT2D eigenvalue weighted by Crippen LogP contribution is -2.06. The molecule has 0 amide bonds. The molecular weight excluding hydrogens is 172 g/mol. The van der Waals surface area contributed by atoms with Crippen molar-refractivity contribution in [3.05, 3.63) is 23.3 Å². The summed E-state index contributed by atoms with van der Waals surface area (Å²) in [6.07, 6.45) is 4.69. The Kier molecular flexibility index (Phi) is 4.67. The van der Waals surface area contributed by atoms with Crippen molar-refractivity contribution in [3.8, 4) is 12.1 Å². The molecule has 0 saturated carbocycles. The van der Waals surface area contributed by atoms with Crippen molar-refractivity contribution in [3.63, 3.8) is 0 Å². The van der Waals surface area contributed by atoms with Crippen LogP contribution in [0.1, 0.15) is 34.1 Å². The standard InChI is InChI=1S/C12H16N2/c1-10(2)5-6-12(3,4)7-11(8-13)9-14/h5,7H,6H2,1-4H3. The zero-order chi connectivity index (χ0) is 11.2. The van der Waals surface area contributed by atoms with Gasteiger partial charge in [-0.05, 0) is 31.8 Å². The van der Waals surface area contributed by atoms with Crippen molar-refractivity contribution in [1.82, 2.24) is 0 Å². The number of nitriles is 2. The van der Waals surface area contributed by atoms with Crippen molar-refractivity contribution in [2.45, 2.75) is 34.1 Å². The van der Waals surface area contributed by atoms with Gasteiger partial charge in [0.05, 0.1) is 0 Å². The average Bonchev–Trinajstić information content (AvgIpc) is 2.11. The van der Waals surface area contributed by atoms with Gasteiger partial charge in [-0.3, -0.25) is 0 Å². The first kappa shape index (κ1) is 12.5. The fourth-order valence-corrected chi connectivity index (χ4v) is 1.01. The molecule has 0 radical (unpaired) electrons.